The van der Waals surface area contributed by atoms with Gasteiger partial charge in [0.1, 0.15) is 0 Å². The zero-order valence-corrected chi connectivity index (χ0v) is 9.29. The summed E-state index contributed by atoms with van der Waals surface area (Å²) in [6, 6.07) is 1.19. The van der Waals surface area contributed by atoms with E-state index in [0.29, 0.717) is 18.7 Å². The summed E-state index contributed by atoms with van der Waals surface area (Å²) < 4.78 is 4.93. The topological polar surface area (TPSA) is 38.3 Å². The first-order valence-electron chi connectivity index (χ1n) is 5.90. The number of rotatable bonds is 2. The lowest BCUT2D eigenvalue weighted by Crippen LogP contribution is -2.46. The van der Waals surface area contributed by atoms with Gasteiger partial charge in [0.25, 0.3) is 0 Å². The first kappa shape index (κ1) is 10.7. The number of hydrogen-bond acceptors (Lipinski definition) is 3. The molecule has 0 saturated carbocycles. The zero-order valence-electron chi connectivity index (χ0n) is 9.29. The van der Waals surface area contributed by atoms with Crippen LogP contribution in [-0.4, -0.2) is 24.7 Å². The lowest BCUT2D eigenvalue weighted by atomic mass is 9.84. The third kappa shape index (κ3) is 2.81. The second kappa shape index (κ2) is 4.79. The van der Waals surface area contributed by atoms with Crippen molar-refractivity contribution in [3.63, 3.8) is 0 Å². The molecule has 3 nitrogen and oxygen atoms in total. The summed E-state index contributed by atoms with van der Waals surface area (Å²) in [5.41, 5.74) is 1.27. The second-order valence-corrected chi connectivity index (χ2v) is 4.45. The lowest BCUT2D eigenvalue weighted by molar-refractivity contribution is -0.137. The zero-order chi connectivity index (χ0) is 10.7. The van der Waals surface area contributed by atoms with Crippen LogP contribution in [0.25, 0.3) is 0 Å². The van der Waals surface area contributed by atoms with Gasteiger partial charge in [-0.15, -0.1) is 0 Å². The number of nitrogens with one attached hydrogen (secondary N) is 1. The van der Waals surface area contributed by atoms with Crippen molar-refractivity contribution < 1.29 is 9.53 Å². The van der Waals surface area contributed by atoms with Gasteiger partial charge in [-0.1, -0.05) is 12.0 Å². The van der Waals surface area contributed by atoms with Crippen molar-refractivity contribution in [2.75, 3.05) is 6.61 Å². The van der Waals surface area contributed by atoms with Crippen molar-refractivity contribution in [1.29, 1.82) is 0 Å². The van der Waals surface area contributed by atoms with Gasteiger partial charge in [0.2, 0.25) is 0 Å². The minimum Gasteiger partial charge on any atom is -0.463 e. The summed E-state index contributed by atoms with van der Waals surface area (Å²) in [6.07, 6.45) is 7.57. The Morgan fingerprint density at radius 1 is 1.47 bits per heavy atom. The summed E-state index contributed by atoms with van der Waals surface area (Å²) in [6.45, 7) is 2.31. The van der Waals surface area contributed by atoms with E-state index in [-0.39, 0.29) is 5.97 Å². The maximum atomic E-state index is 11.3. The van der Waals surface area contributed by atoms with Crippen LogP contribution in [0.1, 0.15) is 39.0 Å². The molecule has 0 aromatic heterocycles. The van der Waals surface area contributed by atoms with Crippen LogP contribution in [0.4, 0.5) is 0 Å². The van der Waals surface area contributed by atoms with Crippen LogP contribution in [-0.2, 0) is 9.53 Å². The number of carbonyl (C=O) groups excluding carboxylic acids is 1. The highest BCUT2D eigenvalue weighted by Crippen LogP contribution is 2.28. The summed E-state index contributed by atoms with van der Waals surface area (Å²) >= 11 is 0. The van der Waals surface area contributed by atoms with Gasteiger partial charge in [-0.3, -0.25) is 0 Å². The van der Waals surface area contributed by atoms with E-state index in [2.05, 4.69) is 5.32 Å². The highest BCUT2D eigenvalue weighted by Gasteiger charge is 2.27. The molecule has 2 heterocycles. The van der Waals surface area contributed by atoms with Crippen LogP contribution in [0.3, 0.4) is 0 Å². The molecule has 0 aromatic carbocycles. The van der Waals surface area contributed by atoms with E-state index in [1.807, 2.05) is 6.92 Å². The van der Waals surface area contributed by atoms with Crippen molar-refractivity contribution in [2.45, 2.75) is 51.1 Å². The van der Waals surface area contributed by atoms with Crippen molar-refractivity contribution >= 4 is 5.97 Å². The molecule has 2 atom stereocenters. The number of hydrogen-bond donors (Lipinski definition) is 1. The Hall–Kier alpha value is -0.830. The molecule has 1 N–H and O–H groups in total. The summed E-state index contributed by atoms with van der Waals surface area (Å²) in [7, 11) is 0. The van der Waals surface area contributed by atoms with Gasteiger partial charge < -0.3 is 10.1 Å². The monoisotopic (exact) mass is 209 g/mol. The van der Waals surface area contributed by atoms with Crippen molar-refractivity contribution in [2.24, 2.45) is 0 Å². The maximum Gasteiger partial charge on any atom is 0.330 e. The average molecular weight is 209 g/mol. The predicted octanol–water partition coefficient (Wildman–Crippen LogP) is 1.78. The molecule has 15 heavy (non-hydrogen) atoms. The Labute approximate surface area is 90.9 Å². The van der Waals surface area contributed by atoms with Gasteiger partial charge in [0.15, 0.2) is 0 Å². The molecule has 2 rings (SSSR count). The fourth-order valence-corrected chi connectivity index (χ4v) is 2.62. The van der Waals surface area contributed by atoms with E-state index in [0.717, 1.165) is 12.8 Å². The van der Waals surface area contributed by atoms with Crippen LogP contribution in [0.2, 0.25) is 0 Å². The van der Waals surface area contributed by atoms with E-state index >= 15 is 0 Å². The Bertz CT molecular complexity index is 259. The maximum absolute atomic E-state index is 11.3. The Kier molecular flexibility index (Phi) is 3.41. The standard InChI is InChI=1S/C12H19NO2/c1-2-15-12(14)8-9-6-10-4-3-5-11(7-9)13-10/h8,10-11,13H,2-7H2,1H3. The van der Waals surface area contributed by atoms with Gasteiger partial charge in [0.05, 0.1) is 6.61 Å². The van der Waals surface area contributed by atoms with Gasteiger partial charge in [0, 0.05) is 18.2 Å². The van der Waals surface area contributed by atoms with Crippen LogP contribution < -0.4 is 5.32 Å². The minimum absolute atomic E-state index is 0.174. The normalized spacial score (nSPS) is 29.8. The van der Waals surface area contributed by atoms with E-state index in [1.54, 1.807) is 6.08 Å². The minimum atomic E-state index is -0.174. The molecule has 3 heteroatoms. The molecule has 84 valence electrons. The summed E-state index contributed by atoms with van der Waals surface area (Å²) in [5, 5.41) is 3.60. The fourth-order valence-electron chi connectivity index (χ4n) is 2.62. The van der Waals surface area contributed by atoms with E-state index in [1.165, 1.54) is 24.8 Å². The third-order valence-corrected chi connectivity index (χ3v) is 3.20. The second-order valence-electron chi connectivity index (χ2n) is 4.45. The Morgan fingerprint density at radius 2 is 2.13 bits per heavy atom. The molecule has 2 saturated heterocycles. The van der Waals surface area contributed by atoms with Crippen LogP contribution in [0.5, 0.6) is 0 Å². The molecule has 0 amide bonds. The molecule has 2 fully saturated rings. The molecular weight excluding hydrogens is 190 g/mol. The number of carbonyl (C=O) groups is 1. The Morgan fingerprint density at radius 3 is 2.73 bits per heavy atom. The SMILES string of the molecule is CCOC(=O)C=C1CC2CCCC(C1)N2. The van der Waals surface area contributed by atoms with E-state index < -0.39 is 0 Å². The predicted molar refractivity (Wildman–Crippen MR) is 58.5 cm³/mol. The lowest BCUT2D eigenvalue weighted by Gasteiger charge is -2.37. The van der Waals surface area contributed by atoms with Crippen LogP contribution in [0, 0.1) is 0 Å². The number of ether oxygens (including phenoxy) is 1. The largest absolute Gasteiger partial charge is 0.463 e. The van der Waals surface area contributed by atoms with E-state index in [9.17, 15) is 4.79 Å². The smallest absolute Gasteiger partial charge is 0.330 e. The molecule has 2 unspecified atom stereocenters. The first-order chi connectivity index (χ1) is 7.28. The van der Waals surface area contributed by atoms with Gasteiger partial charge in [-0.05, 0) is 32.6 Å². The number of esters is 1. The molecule has 0 aromatic rings. The van der Waals surface area contributed by atoms with Gasteiger partial charge >= 0.3 is 5.97 Å². The molecule has 0 spiro atoms. The molecule has 0 radical (unpaired) electrons. The quantitative estimate of drug-likeness (QED) is 0.556. The molecule has 2 aliphatic heterocycles. The highest BCUT2D eigenvalue weighted by molar-refractivity contribution is 5.82. The number of fused-ring (bicyclic) bond motifs is 2. The fraction of sp³-hybridized carbons (Fsp3) is 0.750. The van der Waals surface area contributed by atoms with Gasteiger partial charge in [-0.2, -0.15) is 0 Å². The highest BCUT2D eigenvalue weighted by atomic mass is 16.5. The third-order valence-electron chi connectivity index (χ3n) is 3.20. The molecule has 2 bridgehead atoms. The van der Waals surface area contributed by atoms with E-state index in [4.69, 9.17) is 4.74 Å². The van der Waals surface area contributed by atoms with Gasteiger partial charge in [-0.25, -0.2) is 4.79 Å². The summed E-state index contributed by atoms with van der Waals surface area (Å²) in [4.78, 5) is 11.3. The van der Waals surface area contributed by atoms with Crippen molar-refractivity contribution in [3.05, 3.63) is 11.6 Å². The molecule has 2 aliphatic rings. The molecule has 0 aliphatic carbocycles. The Balaban J connectivity index is 1.95. The van der Waals surface area contributed by atoms with Crippen LogP contribution >= 0.6 is 0 Å². The molecular formula is C12H19NO2. The average Bonchev–Trinajstić information content (AvgIpc) is 2.17. The van der Waals surface area contributed by atoms with Crippen molar-refractivity contribution in [1.82, 2.24) is 5.32 Å². The first-order valence-corrected chi connectivity index (χ1v) is 5.90. The summed E-state index contributed by atoms with van der Waals surface area (Å²) in [5.74, 6) is -0.174. The van der Waals surface area contributed by atoms with Crippen molar-refractivity contribution in [3.8, 4) is 0 Å². The number of piperidine rings is 2. The van der Waals surface area contributed by atoms with Crippen LogP contribution in [0.15, 0.2) is 11.6 Å².